The fourth-order valence-corrected chi connectivity index (χ4v) is 2.10. The van der Waals surface area contributed by atoms with Crippen LogP contribution in [0.5, 0.6) is 0 Å². The smallest absolute Gasteiger partial charge is 0.259 e. The summed E-state index contributed by atoms with van der Waals surface area (Å²) < 4.78 is 0. The predicted molar refractivity (Wildman–Crippen MR) is 87.0 cm³/mol. The molecule has 1 aromatic carbocycles. The van der Waals surface area contributed by atoms with Crippen LogP contribution in [0.1, 0.15) is 35.7 Å². The summed E-state index contributed by atoms with van der Waals surface area (Å²) in [6.07, 6.45) is 1.69. The number of hydrogen-bond donors (Lipinski definition) is 1. The van der Waals surface area contributed by atoms with Crippen molar-refractivity contribution in [2.45, 2.75) is 19.8 Å². The Morgan fingerprint density at radius 1 is 1.19 bits per heavy atom. The first kappa shape index (κ1) is 15.0. The Kier molecular flexibility index (Phi) is 4.58. The van der Waals surface area contributed by atoms with Crippen LogP contribution in [0.2, 0.25) is 0 Å². The first-order valence-electron chi connectivity index (χ1n) is 7.02. The minimum Gasteiger partial charge on any atom is -0.362 e. The number of nitrogens with one attached hydrogen (secondary N) is 1. The van der Waals surface area contributed by atoms with Gasteiger partial charge in [-0.3, -0.25) is 4.79 Å². The Balaban J connectivity index is 2.24. The standard InChI is InChI=1S/C17H21N3O/c1-12(2)13-7-5-8-14(11-13)19-17(21)15-9-6-10-18-16(15)20(3)4/h5-12H,1-4H3,(H,19,21). The van der Waals surface area contributed by atoms with E-state index in [0.29, 0.717) is 17.3 Å². The van der Waals surface area contributed by atoms with Gasteiger partial charge < -0.3 is 10.2 Å². The molecule has 0 spiro atoms. The van der Waals surface area contributed by atoms with Gasteiger partial charge in [-0.25, -0.2) is 4.98 Å². The van der Waals surface area contributed by atoms with Gasteiger partial charge in [-0.15, -0.1) is 0 Å². The third-order valence-electron chi connectivity index (χ3n) is 3.27. The molecule has 21 heavy (non-hydrogen) atoms. The molecule has 4 nitrogen and oxygen atoms in total. The van der Waals surface area contributed by atoms with E-state index < -0.39 is 0 Å². The van der Waals surface area contributed by atoms with E-state index in [1.54, 1.807) is 18.3 Å². The SMILES string of the molecule is CC(C)c1cccc(NC(=O)c2cccnc2N(C)C)c1. The number of rotatable bonds is 4. The van der Waals surface area contributed by atoms with Crippen LogP contribution in [0.3, 0.4) is 0 Å². The van der Waals surface area contributed by atoms with Crippen molar-refractivity contribution >= 4 is 17.4 Å². The lowest BCUT2D eigenvalue weighted by Crippen LogP contribution is -2.19. The summed E-state index contributed by atoms with van der Waals surface area (Å²) in [5, 5.41) is 2.94. The van der Waals surface area contributed by atoms with Crippen LogP contribution in [0, 0.1) is 0 Å². The summed E-state index contributed by atoms with van der Waals surface area (Å²) in [7, 11) is 3.75. The molecule has 1 amide bonds. The van der Waals surface area contributed by atoms with E-state index in [1.165, 1.54) is 5.56 Å². The van der Waals surface area contributed by atoms with Crippen molar-refractivity contribution in [3.05, 3.63) is 53.7 Å². The predicted octanol–water partition coefficient (Wildman–Crippen LogP) is 3.52. The highest BCUT2D eigenvalue weighted by molar-refractivity contribution is 6.07. The number of anilines is 2. The molecule has 0 atom stereocenters. The van der Waals surface area contributed by atoms with E-state index in [0.717, 1.165) is 5.69 Å². The van der Waals surface area contributed by atoms with Gasteiger partial charge in [0.15, 0.2) is 0 Å². The second kappa shape index (κ2) is 6.39. The third kappa shape index (κ3) is 3.60. The number of benzene rings is 1. The van der Waals surface area contributed by atoms with E-state index >= 15 is 0 Å². The van der Waals surface area contributed by atoms with Crippen LogP contribution >= 0.6 is 0 Å². The fraction of sp³-hybridized carbons (Fsp3) is 0.294. The molecule has 4 heteroatoms. The van der Waals surface area contributed by atoms with Crippen molar-refractivity contribution in [1.29, 1.82) is 0 Å². The highest BCUT2D eigenvalue weighted by Crippen LogP contribution is 2.20. The van der Waals surface area contributed by atoms with E-state index in [-0.39, 0.29) is 5.91 Å². The summed E-state index contributed by atoms with van der Waals surface area (Å²) in [6, 6.07) is 11.5. The maximum atomic E-state index is 12.4. The highest BCUT2D eigenvalue weighted by atomic mass is 16.1. The molecule has 1 aromatic heterocycles. The molecule has 0 saturated carbocycles. The minimum absolute atomic E-state index is 0.146. The van der Waals surface area contributed by atoms with Crippen molar-refractivity contribution in [2.75, 3.05) is 24.3 Å². The van der Waals surface area contributed by atoms with Crippen molar-refractivity contribution in [2.24, 2.45) is 0 Å². The number of aromatic nitrogens is 1. The summed E-state index contributed by atoms with van der Waals surface area (Å²) in [4.78, 5) is 18.5. The van der Waals surface area contributed by atoms with Crippen LogP contribution in [0.25, 0.3) is 0 Å². The molecule has 1 heterocycles. The van der Waals surface area contributed by atoms with Gasteiger partial charge in [0.1, 0.15) is 5.82 Å². The number of hydrogen-bond acceptors (Lipinski definition) is 3. The van der Waals surface area contributed by atoms with E-state index in [9.17, 15) is 4.79 Å². The monoisotopic (exact) mass is 283 g/mol. The van der Waals surface area contributed by atoms with Gasteiger partial charge >= 0.3 is 0 Å². The third-order valence-corrected chi connectivity index (χ3v) is 3.27. The van der Waals surface area contributed by atoms with Crippen molar-refractivity contribution in [1.82, 2.24) is 4.98 Å². The zero-order valence-corrected chi connectivity index (χ0v) is 12.9. The molecule has 2 aromatic rings. The Morgan fingerprint density at radius 3 is 2.62 bits per heavy atom. The molecule has 110 valence electrons. The van der Waals surface area contributed by atoms with E-state index in [4.69, 9.17) is 0 Å². The van der Waals surface area contributed by atoms with Crippen LogP contribution in [0.4, 0.5) is 11.5 Å². The molecule has 0 bridgehead atoms. The summed E-state index contributed by atoms with van der Waals surface area (Å²) in [5.41, 5.74) is 2.57. The van der Waals surface area contributed by atoms with Crippen LogP contribution < -0.4 is 10.2 Å². The van der Waals surface area contributed by atoms with Crippen LogP contribution in [-0.2, 0) is 0 Å². The zero-order valence-electron chi connectivity index (χ0n) is 12.9. The maximum absolute atomic E-state index is 12.4. The number of carbonyl (C=O) groups is 1. The van der Waals surface area contributed by atoms with Gasteiger partial charge in [-0.1, -0.05) is 26.0 Å². The average Bonchev–Trinajstić information content (AvgIpc) is 2.47. The largest absolute Gasteiger partial charge is 0.362 e. The lowest BCUT2D eigenvalue weighted by Gasteiger charge is -2.16. The van der Waals surface area contributed by atoms with Gasteiger partial charge in [0.25, 0.3) is 5.91 Å². The molecular weight excluding hydrogens is 262 g/mol. The number of carbonyl (C=O) groups excluding carboxylic acids is 1. The van der Waals surface area contributed by atoms with Crippen molar-refractivity contribution < 1.29 is 4.79 Å². The topological polar surface area (TPSA) is 45.2 Å². The number of amides is 1. The fourth-order valence-electron chi connectivity index (χ4n) is 2.10. The minimum atomic E-state index is -0.146. The van der Waals surface area contributed by atoms with Gasteiger partial charge in [-0.05, 0) is 35.7 Å². The lowest BCUT2D eigenvalue weighted by atomic mass is 10.0. The van der Waals surface area contributed by atoms with Crippen molar-refractivity contribution in [3.63, 3.8) is 0 Å². The summed E-state index contributed by atoms with van der Waals surface area (Å²) in [6.45, 7) is 4.26. The van der Waals surface area contributed by atoms with Crippen molar-refractivity contribution in [3.8, 4) is 0 Å². The Hall–Kier alpha value is -2.36. The molecule has 1 N–H and O–H groups in total. The highest BCUT2D eigenvalue weighted by Gasteiger charge is 2.14. The first-order valence-corrected chi connectivity index (χ1v) is 7.02. The molecule has 0 aliphatic rings. The molecule has 0 saturated heterocycles. The summed E-state index contributed by atoms with van der Waals surface area (Å²) >= 11 is 0. The molecule has 0 aliphatic heterocycles. The average molecular weight is 283 g/mol. The summed E-state index contributed by atoms with van der Waals surface area (Å²) in [5.74, 6) is 0.945. The zero-order chi connectivity index (χ0) is 15.4. The van der Waals surface area contributed by atoms with Crippen LogP contribution in [-0.4, -0.2) is 25.0 Å². The van der Waals surface area contributed by atoms with Gasteiger partial charge in [0, 0.05) is 26.0 Å². The maximum Gasteiger partial charge on any atom is 0.259 e. The number of pyridine rings is 1. The van der Waals surface area contributed by atoms with Gasteiger partial charge in [0.05, 0.1) is 5.56 Å². The van der Waals surface area contributed by atoms with Crippen LogP contribution in [0.15, 0.2) is 42.6 Å². The van der Waals surface area contributed by atoms with E-state index in [1.807, 2.05) is 37.2 Å². The Labute approximate surface area is 125 Å². The Bertz CT molecular complexity index is 635. The molecule has 2 rings (SSSR count). The number of nitrogens with zero attached hydrogens (tertiary/aromatic N) is 2. The molecule has 0 fully saturated rings. The molecule has 0 unspecified atom stereocenters. The quantitative estimate of drug-likeness (QED) is 0.933. The second-order valence-corrected chi connectivity index (χ2v) is 5.50. The molecular formula is C17H21N3O. The van der Waals surface area contributed by atoms with Gasteiger partial charge in [0.2, 0.25) is 0 Å². The first-order chi connectivity index (χ1) is 9.99. The Morgan fingerprint density at radius 2 is 1.95 bits per heavy atom. The van der Waals surface area contributed by atoms with Gasteiger partial charge in [-0.2, -0.15) is 0 Å². The normalized spacial score (nSPS) is 10.5. The molecule has 0 aliphatic carbocycles. The lowest BCUT2D eigenvalue weighted by molar-refractivity contribution is 0.102. The van der Waals surface area contributed by atoms with E-state index in [2.05, 4.69) is 30.2 Å². The molecule has 0 radical (unpaired) electrons. The second-order valence-electron chi connectivity index (χ2n) is 5.50.